The van der Waals surface area contributed by atoms with Gasteiger partial charge in [-0.05, 0) is 25.5 Å². The van der Waals surface area contributed by atoms with E-state index < -0.39 is 5.60 Å². The highest BCUT2D eigenvalue weighted by atomic mass is 16.3. The molecule has 0 bridgehead atoms. The second-order valence-corrected chi connectivity index (χ2v) is 5.37. The van der Waals surface area contributed by atoms with Crippen molar-refractivity contribution < 1.29 is 9.90 Å². The lowest BCUT2D eigenvalue weighted by molar-refractivity contribution is -0.136. The number of pyridine rings is 1. The van der Waals surface area contributed by atoms with Crippen LogP contribution in [0.3, 0.4) is 0 Å². The van der Waals surface area contributed by atoms with E-state index in [0.29, 0.717) is 6.54 Å². The van der Waals surface area contributed by atoms with Gasteiger partial charge in [0.25, 0.3) is 5.91 Å². The van der Waals surface area contributed by atoms with Gasteiger partial charge in [-0.25, -0.2) is 0 Å². The summed E-state index contributed by atoms with van der Waals surface area (Å²) in [4.78, 5) is 15.6. The summed E-state index contributed by atoms with van der Waals surface area (Å²) in [5.41, 5.74) is -0.503. The minimum atomic E-state index is -1.34. The summed E-state index contributed by atoms with van der Waals surface area (Å²) in [6.07, 6.45) is 3.51. The van der Waals surface area contributed by atoms with Crippen LogP contribution in [-0.4, -0.2) is 28.1 Å². The lowest BCUT2D eigenvalue weighted by Crippen LogP contribution is -2.46. The van der Waals surface area contributed by atoms with Gasteiger partial charge in [-0.15, -0.1) is 0 Å². The molecule has 0 atom stereocenters. The highest BCUT2D eigenvalue weighted by Gasteiger charge is 2.27. The molecule has 2 N–H and O–H groups in total. The Morgan fingerprint density at radius 2 is 2.06 bits per heavy atom. The number of nitrogens with zero attached hydrogens (tertiary/aromatic N) is 1. The predicted octanol–water partition coefficient (Wildman–Crippen LogP) is 1.25. The summed E-state index contributed by atoms with van der Waals surface area (Å²) >= 11 is 0. The van der Waals surface area contributed by atoms with Crippen LogP contribution in [0.5, 0.6) is 0 Å². The monoisotopic (exact) mass is 236 g/mol. The molecule has 1 aromatic heterocycles. The maximum absolute atomic E-state index is 11.6. The first-order valence-electron chi connectivity index (χ1n) is 5.65. The number of amides is 1. The summed E-state index contributed by atoms with van der Waals surface area (Å²) in [6, 6.07) is 3.85. The van der Waals surface area contributed by atoms with Gasteiger partial charge in [0.15, 0.2) is 0 Å². The molecule has 0 radical (unpaired) electrons. The first-order chi connectivity index (χ1) is 7.73. The molecule has 0 aliphatic rings. The highest BCUT2D eigenvalue weighted by molar-refractivity contribution is 5.83. The molecule has 0 aliphatic heterocycles. The van der Waals surface area contributed by atoms with E-state index in [2.05, 4.69) is 10.3 Å². The van der Waals surface area contributed by atoms with Gasteiger partial charge in [-0.1, -0.05) is 19.9 Å². The van der Waals surface area contributed by atoms with E-state index in [1.54, 1.807) is 12.4 Å². The molecule has 0 unspecified atom stereocenters. The Hall–Kier alpha value is -1.42. The molecule has 1 amide bonds. The maximum Gasteiger partial charge on any atom is 0.251 e. The van der Waals surface area contributed by atoms with E-state index in [-0.39, 0.29) is 11.3 Å². The Kier molecular flexibility index (Phi) is 3.88. The van der Waals surface area contributed by atoms with Crippen LogP contribution >= 0.6 is 0 Å². The van der Waals surface area contributed by atoms with E-state index in [9.17, 15) is 9.90 Å². The molecular weight excluding hydrogens is 216 g/mol. The van der Waals surface area contributed by atoms with Crippen molar-refractivity contribution in [3.05, 3.63) is 30.1 Å². The molecule has 0 fully saturated rings. The standard InChI is InChI=1S/C13H20N2O2/c1-12(2,10-6-5-7-14-8-10)9-15-11(16)13(3,4)17/h5-8,17H,9H2,1-4H3,(H,15,16). The molecule has 4 heteroatoms. The third kappa shape index (κ3) is 3.82. The largest absolute Gasteiger partial charge is 0.381 e. The number of aliphatic hydroxyl groups is 1. The van der Waals surface area contributed by atoms with Crippen molar-refractivity contribution in [1.29, 1.82) is 0 Å². The normalized spacial score (nSPS) is 12.3. The van der Waals surface area contributed by atoms with Crippen LogP contribution in [0.15, 0.2) is 24.5 Å². The molecule has 0 aliphatic carbocycles. The Labute approximate surface area is 102 Å². The molecule has 4 nitrogen and oxygen atoms in total. The summed E-state index contributed by atoms with van der Waals surface area (Å²) in [7, 11) is 0. The van der Waals surface area contributed by atoms with Crippen molar-refractivity contribution in [2.75, 3.05) is 6.54 Å². The van der Waals surface area contributed by atoms with Crippen molar-refractivity contribution >= 4 is 5.91 Å². The average Bonchev–Trinajstić information content (AvgIpc) is 2.26. The molecule has 1 rings (SSSR count). The number of hydrogen-bond donors (Lipinski definition) is 2. The fraction of sp³-hybridized carbons (Fsp3) is 0.538. The SMILES string of the molecule is CC(C)(O)C(=O)NCC(C)(C)c1cccnc1. The van der Waals surface area contributed by atoms with Gasteiger partial charge in [0, 0.05) is 24.4 Å². The number of nitrogens with one attached hydrogen (secondary N) is 1. The fourth-order valence-corrected chi connectivity index (χ4v) is 1.38. The average molecular weight is 236 g/mol. The van der Waals surface area contributed by atoms with Crippen LogP contribution < -0.4 is 5.32 Å². The summed E-state index contributed by atoms with van der Waals surface area (Å²) in [5.74, 6) is -0.366. The van der Waals surface area contributed by atoms with Crippen molar-refractivity contribution in [2.24, 2.45) is 0 Å². The molecule has 1 aromatic rings. The number of aromatic nitrogens is 1. The van der Waals surface area contributed by atoms with E-state index >= 15 is 0 Å². The van der Waals surface area contributed by atoms with Crippen LogP contribution in [0.4, 0.5) is 0 Å². The lowest BCUT2D eigenvalue weighted by Gasteiger charge is -2.27. The number of hydrogen-bond acceptors (Lipinski definition) is 3. The van der Waals surface area contributed by atoms with Crippen molar-refractivity contribution in [3.63, 3.8) is 0 Å². The zero-order chi connectivity index (χ0) is 13.1. The van der Waals surface area contributed by atoms with Crippen LogP contribution in [-0.2, 0) is 10.2 Å². The smallest absolute Gasteiger partial charge is 0.251 e. The lowest BCUT2D eigenvalue weighted by atomic mass is 9.85. The molecule has 0 aromatic carbocycles. The van der Waals surface area contributed by atoms with Gasteiger partial charge in [0.2, 0.25) is 0 Å². The molecule has 17 heavy (non-hydrogen) atoms. The number of carbonyl (C=O) groups excluding carboxylic acids is 1. The zero-order valence-electron chi connectivity index (χ0n) is 10.8. The summed E-state index contributed by atoms with van der Waals surface area (Å²) in [6.45, 7) is 7.45. The summed E-state index contributed by atoms with van der Waals surface area (Å²) in [5, 5.41) is 12.3. The molecule has 0 spiro atoms. The summed E-state index contributed by atoms with van der Waals surface area (Å²) < 4.78 is 0. The quantitative estimate of drug-likeness (QED) is 0.827. The molecule has 0 saturated carbocycles. The Bertz CT molecular complexity index is 380. The topological polar surface area (TPSA) is 62.2 Å². The second-order valence-electron chi connectivity index (χ2n) is 5.37. The zero-order valence-corrected chi connectivity index (χ0v) is 10.8. The Balaban J connectivity index is 2.66. The Morgan fingerprint density at radius 1 is 1.41 bits per heavy atom. The molecule has 94 valence electrons. The van der Waals surface area contributed by atoms with Crippen LogP contribution in [0.25, 0.3) is 0 Å². The van der Waals surface area contributed by atoms with Gasteiger partial charge >= 0.3 is 0 Å². The number of rotatable bonds is 4. The third-order valence-corrected chi connectivity index (χ3v) is 2.69. The number of carbonyl (C=O) groups is 1. The van der Waals surface area contributed by atoms with E-state index in [1.165, 1.54) is 13.8 Å². The maximum atomic E-state index is 11.6. The van der Waals surface area contributed by atoms with Gasteiger partial charge in [-0.3, -0.25) is 9.78 Å². The van der Waals surface area contributed by atoms with Crippen molar-refractivity contribution in [1.82, 2.24) is 10.3 Å². The minimum absolute atomic E-state index is 0.213. The van der Waals surface area contributed by atoms with Crippen LogP contribution in [0.2, 0.25) is 0 Å². The van der Waals surface area contributed by atoms with Gasteiger partial charge in [0.05, 0.1) is 0 Å². The highest BCUT2D eigenvalue weighted by Crippen LogP contribution is 2.21. The predicted molar refractivity (Wildman–Crippen MR) is 66.6 cm³/mol. The van der Waals surface area contributed by atoms with E-state index in [4.69, 9.17) is 0 Å². The van der Waals surface area contributed by atoms with Crippen molar-refractivity contribution in [2.45, 2.75) is 38.7 Å². The molecular formula is C13H20N2O2. The molecule has 0 saturated heterocycles. The first-order valence-corrected chi connectivity index (χ1v) is 5.65. The van der Waals surface area contributed by atoms with Crippen molar-refractivity contribution in [3.8, 4) is 0 Å². The van der Waals surface area contributed by atoms with E-state index in [1.807, 2.05) is 26.0 Å². The third-order valence-electron chi connectivity index (χ3n) is 2.69. The van der Waals surface area contributed by atoms with Crippen LogP contribution in [0, 0.1) is 0 Å². The second kappa shape index (κ2) is 4.84. The fourth-order valence-electron chi connectivity index (χ4n) is 1.38. The molecule has 1 heterocycles. The van der Waals surface area contributed by atoms with Gasteiger partial charge < -0.3 is 10.4 Å². The Morgan fingerprint density at radius 3 is 2.53 bits per heavy atom. The van der Waals surface area contributed by atoms with Crippen LogP contribution in [0.1, 0.15) is 33.3 Å². The van der Waals surface area contributed by atoms with Gasteiger partial charge in [0.1, 0.15) is 5.60 Å². The van der Waals surface area contributed by atoms with E-state index in [0.717, 1.165) is 5.56 Å². The minimum Gasteiger partial charge on any atom is -0.381 e. The van der Waals surface area contributed by atoms with Gasteiger partial charge in [-0.2, -0.15) is 0 Å². The first kappa shape index (κ1) is 13.6.